The lowest BCUT2D eigenvalue weighted by Crippen LogP contribution is -2.33. The molecule has 0 bridgehead atoms. The molecular weight excluding hydrogens is 240 g/mol. The largest absolute Gasteiger partial charge is 0.370 e. The second kappa shape index (κ2) is 6.08. The monoisotopic (exact) mass is 264 g/mol. The van der Waals surface area contributed by atoms with Gasteiger partial charge < -0.3 is 11.1 Å². The predicted molar refractivity (Wildman–Crippen MR) is 75.6 cm³/mol. The Kier molecular flexibility index (Phi) is 4.45. The number of rotatable bonds is 5. The van der Waals surface area contributed by atoms with E-state index in [1.54, 1.807) is 4.68 Å². The fourth-order valence-corrected chi connectivity index (χ4v) is 2.86. The molecule has 1 heterocycles. The molecule has 3 N–H and O–H groups in total. The van der Waals surface area contributed by atoms with E-state index in [-0.39, 0.29) is 5.91 Å². The number of nitrogens with one attached hydrogen (secondary N) is 1. The summed E-state index contributed by atoms with van der Waals surface area (Å²) in [7, 11) is 0. The van der Waals surface area contributed by atoms with Crippen molar-refractivity contribution >= 4 is 11.7 Å². The van der Waals surface area contributed by atoms with E-state index in [9.17, 15) is 4.79 Å². The summed E-state index contributed by atoms with van der Waals surface area (Å²) < 4.78 is 1.77. The summed E-state index contributed by atoms with van der Waals surface area (Å²) in [6.45, 7) is 5.18. The van der Waals surface area contributed by atoms with Crippen molar-refractivity contribution in [1.82, 2.24) is 9.78 Å². The van der Waals surface area contributed by atoms with Crippen LogP contribution in [-0.4, -0.2) is 21.7 Å². The molecule has 2 rings (SSSR count). The predicted octanol–water partition coefficient (Wildman–Crippen LogP) is 2.00. The minimum atomic E-state index is -0.292. The van der Waals surface area contributed by atoms with E-state index in [2.05, 4.69) is 24.3 Å². The Morgan fingerprint density at radius 1 is 1.53 bits per heavy atom. The molecule has 0 spiro atoms. The number of carbonyl (C=O) groups is 1. The summed E-state index contributed by atoms with van der Waals surface area (Å²) in [6, 6.07) is 2.47. The number of aromatic nitrogens is 2. The van der Waals surface area contributed by atoms with Crippen LogP contribution in [0.2, 0.25) is 0 Å². The van der Waals surface area contributed by atoms with Crippen LogP contribution in [0.5, 0.6) is 0 Å². The van der Waals surface area contributed by atoms with E-state index in [4.69, 9.17) is 5.73 Å². The molecule has 1 fully saturated rings. The number of nitrogens with zero attached hydrogens (tertiary/aromatic N) is 2. The summed E-state index contributed by atoms with van der Waals surface area (Å²) >= 11 is 0. The van der Waals surface area contributed by atoms with Crippen LogP contribution in [0, 0.1) is 11.8 Å². The number of primary amides is 1. The molecule has 0 radical (unpaired) electrons. The maximum Gasteiger partial charge on any atom is 0.219 e. The summed E-state index contributed by atoms with van der Waals surface area (Å²) in [5.41, 5.74) is 5.13. The summed E-state index contributed by atoms with van der Waals surface area (Å²) in [5, 5.41) is 7.94. The molecule has 1 aromatic heterocycles. The lowest BCUT2D eigenvalue weighted by atomic mass is 9.80. The molecule has 0 saturated heterocycles. The number of nitrogens with two attached hydrogens (primary N) is 1. The van der Waals surface area contributed by atoms with Crippen LogP contribution in [0.4, 0.5) is 5.82 Å². The lowest BCUT2D eigenvalue weighted by molar-refractivity contribution is -0.118. The SMILES string of the molecule is CC1CCC(Nc2ccn(CCC(N)=O)n2)C(C)C1. The van der Waals surface area contributed by atoms with Gasteiger partial charge in [0.2, 0.25) is 5.91 Å². The fourth-order valence-electron chi connectivity index (χ4n) is 2.86. The number of amides is 1. The van der Waals surface area contributed by atoms with Gasteiger partial charge in [0.25, 0.3) is 0 Å². The molecule has 3 unspecified atom stereocenters. The van der Waals surface area contributed by atoms with Gasteiger partial charge in [0, 0.05) is 31.3 Å². The number of hydrogen-bond donors (Lipinski definition) is 2. The van der Waals surface area contributed by atoms with Crippen LogP contribution in [0.3, 0.4) is 0 Å². The highest BCUT2D eigenvalue weighted by Crippen LogP contribution is 2.30. The van der Waals surface area contributed by atoms with Crippen molar-refractivity contribution in [3.63, 3.8) is 0 Å². The van der Waals surface area contributed by atoms with Gasteiger partial charge in [0.05, 0.1) is 0 Å². The van der Waals surface area contributed by atoms with Crippen molar-refractivity contribution in [2.75, 3.05) is 5.32 Å². The molecule has 1 aliphatic rings. The smallest absolute Gasteiger partial charge is 0.219 e. The van der Waals surface area contributed by atoms with Crippen molar-refractivity contribution in [1.29, 1.82) is 0 Å². The highest BCUT2D eigenvalue weighted by molar-refractivity contribution is 5.73. The second-order valence-electron chi connectivity index (χ2n) is 5.83. The van der Waals surface area contributed by atoms with Crippen molar-refractivity contribution in [2.24, 2.45) is 17.6 Å². The van der Waals surface area contributed by atoms with Crippen LogP contribution in [0.15, 0.2) is 12.3 Å². The molecule has 5 nitrogen and oxygen atoms in total. The Hall–Kier alpha value is -1.52. The van der Waals surface area contributed by atoms with E-state index >= 15 is 0 Å². The highest BCUT2D eigenvalue weighted by atomic mass is 16.1. The van der Waals surface area contributed by atoms with Gasteiger partial charge in [-0.05, 0) is 31.1 Å². The fraction of sp³-hybridized carbons (Fsp3) is 0.714. The Morgan fingerprint density at radius 3 is 3.00 bits per heavy atom. The molecular formula is C14H24N4O. The Bertz CT molecular complexity index is 429. The van der Waals surface area contributed by atoms with E-state index < -0.39 is 0 Å². The molecule has 19 heavy (non-hydrogen) atoms. The van der Waals surface area contributed by atoms with Crippen LogP contribution in [0.1, 0.15) is 39.5 Å². The van der Waals surface area contributed by atoms with E-state index in [1.165, 1.54) is 19.3 Å². The van der Waals surface area contributed by atoms with Gasteiger partial charge in [0.15, 0.2) is 0 Å². The molecule has 106 valence electrons. The van der Waals surface area contributed by atoms with E-state index in [1.807, 2.05) is 12.3 Å². The van der Waals surface area contributed by atoms with Crippen molar-refractivity contribution in [2.45, 2.75) is 52.1 Å². The number of aryl methyl sites for hydroxylation is 1. The zero-order valence-electron chi connectivity index (χ0n) is 11.8. The van der Waals surface area contributed by atoms with E-state index in [0.29, 0.717) is 24.9 Å². The molecule has 0 aromatic carbocycles. The zero-order chi connectivity index (χ0) is 13.8. The van der Waals surface area contributed by atoms with Crippen LogP contribution < -0.4 is 11.1 Å². The first-order valence-corrected chi connectivity index (χ1v) is 7.13. The third-order valence-electron chi connectivity index (χ3n) is 3.99. The van der Waals surface area contributed by atoms with Crippen LogP contribution in [-0.2, 0) is 11.3 Å². The summed E-state index contributed by atoms with van der Waals surface area (Å²) in [4.78, 5) is 10.7. The number of anilines is 1. The van der Waals surface area contributed by atoms with Crippen molar-refractivity contribution in [3.05, 3.63) is 12.3 Å². The third kappa shape index (κ3) is 3.98. The average Bonchev–Trinajstić information content (AvgIpc) is 2.78. The second-order valence-corrected chi connectivity index (χ2v) is 5.83. The molecule has 5 heteroatoms. The highest BCUT2D eigenvalue weighted by Gasteiger charge is 2.25. The Labute approximate surface area is 114 Å². The zero-order valence-corrected chi connectivity index (χ0v) is 11.8. The van der Waals surface area contributed by atoms with Gasteiger partial charge in [-0.25, -0.2) is 0 Å². The Balaban J connectivity index is 1.87. The molecule has 1 aliphatic carbocycles. The summed E-state index contributed by atoms with van der Waals surface area (Å²) in [5.74, 6) is 2.12. The van der Waals surface area contributed by atoms with Gasteiger partial charge >= 0.3 is 0 Å². The lowest BCUT2D eigenvalue weighted by Gasteiger charge is -2.33. The Morgan fingerprint density at radius 2 is 2.32 bits per heavy atom. The maximum atomic E-state index is 10.7. The minimum absolute atomic E-state index is 0.292. The molecule has 0 aliphatic heterocycles. The van der Waals surface area contributed by atoms with Gasteiger partial charge in [0.1, 0.15) is 5.82 Å². The van der Waals surface area contributed by atoms with Crippen molar-refractivity contribution in [3.8, 4) is 0 Å². The summed E-state index contributed by atoms with van der Waals surface area (Å²) in [6.07, 6.45) is 5.99. The van der Waals surface area contributed by atoms with Crippen molar-refractivity contribution < 1.29 is 4.79 Å². The maximum absolute atomic E-state index is 10.7. The number of hydrogen-bond acceptors (Lipinski definition) is 3. The minimum Gasteiger partial charge on any atom is -0.370 e. The standard InChI is InChI=1S/C14H24N4O/c1-10-3-4-12(11(2)9-10)16-14-6-8-18(17-14)7-5-13(15)19/h6,8,10-12H,3-5,7,9H2,1-2H3,(H2,15,19)(H,16,17). The first-order chi connectivity index (χ1) is 9.04. The molecule has 1 saturated carbocycles. The molecule has 3 atom stereocenters. The van der Waals surface area contributed by atoms with Crippen LogP contribution >= 0.6 is 0 Å². The third-order valence-corrected chi connectivity index (χ3v) is 3.99. The van der Waals surface area contributed by atoms with Gasteiger partial charge in [-0.1, -0.05) is 13.8 Å². The first-order valence-electron chi connectivity index (χ1n) is 7.13. The topological polar surface area (TPSA) is 72.9 Å². The normalized spacial score (nSPS) is 27.2. The quantitative estimate of drug-likeness (QED) is 0.854. The van der Waals surface area contributed by atoms with Gasteiger partial charge in [-0.2, -0.15) is 5.10 Å². The van der Waals surface area contributed by atoms with Gasteiger partial charge in [-0.3, -0.25) is 9.48 Å². The molecule has 1 aromatic rings. The number of carbonyl (C=O) groups excluding carboxylic acids is 1. The van der Waals surface area contributed by atoms with Gasteiger partial charge in [-0.15, -0.1) is 0 Å². The van der Waals surface area contributed by atoms with Crippen LogP contribution in [0.25, 0.3) is 0 Å². The molecule has 1 amide bonds. The first kappa shape index (κ1) is 13.9. The van der Waals surface area contributed by atoms with E-state index in [0.717, 1.165) is 11.7 Å². The average molecular weight is 264 g/mol.